The van der Waals surface area contributed by atoms with Gasteiger partial charge in [-0.05, 0) is 37.3 Å². The van der Waals surface area contributed by atoms with Crippen LogP contribution in [-0.4, -0.2) is 9.55 Å². The molecule has 0 radical (unpaired) electrons. The Balaban J connectivity index is 2.12. The van der Waals surface area contributed by atoms with Gasteiger partial charge in [0.25, 0.3) is 0 Å². The predicted molar refractivity (Wildman–Crippen MR) is 95.3 cm³/mol. The first kappa shape index (κ1) is 15.1. The molecule has 0 amide bonds. The van der Waals surface area contributed by atoms with Crippen LogP contribution in [0.1, 0.15) is 53.0 Å². The third-order valence-electron chi connectivity index (χ3n) is 4.73. The van der Waals surface area contributed by atoms with Crippen LogP contribution in [0.4, 0.5) is 0 Å². The van der Waals surface area contributed by atoms with Crippen LogP contribution in [-0.2, 0) is 0 Å². The van der Waals surface area contributed by atoms with Crippen molar-refractivity contribution in [3.63, 3.8) is 0 Å². The topological polar surface area (TPSA) is 17.8 Å². The normalized spacial score (nSPS) is 13.8. The molecule has 22 heavy (non-hydrogen) atoms. The Bertz CT molecular complexity index is 729. The van der Waals surface area contributed by atoms with E-state index < -0.39 is 0 Å². The van der Waals surface area contributed by atoms with Crippen molar-refractivity contribution in [1.29, 1.82) is 0 Å². The third kappa shape index (κ3) is 2.63. The summed E-state index contributed by atoms with van der Waals surface area (Å²) in [4.78, 5) is 4.33. The van der Waals surface area contributed by atoms with Gasteiger partial charge in [-0.3, -0.25) is 4.98 Å². The second-order valence-corrected chi connectivity index (χ2v) is 7.25. The maximum Gasteiger partial charge on any atom is 0.0524 e. The summed E-state index contributed by atoms with van der Waals surface area (Å²) in [6.07, 6.45) is 7.61. The fourth-order valence-corrected chi connectivity index (χ4v) is 3.99. The van der Waals surface area contributed by atoms with E-state index >= 15 is 0 Å². The van der Waals surface area contributed by atoms with Crippen LogP contribution in [0.15, 0.2) is 42.7 Å². The van der Waals surface area contributed by atoms with Crippen LogP contribution >= 0.6 is 0 Å². The van der Waals surface area contributed by atoms with Crippen molar-refractivity contribution in [2.45, 2.75) is 53.0 Å². The van der Waals surface area contributed by atoms with E-state index in [0.29, 0.717) is 11.5 Å². The number of hydrogen-bond acceptors (Lipinski definition) is 1. The molecule has 0 aliphatic carbocycles. The standard InChI is InChI=1S/C20H26N2/c1-5-11-20(3,4)13-15(2)22-18-9-7-6-8-16(18)17-14-21-12-10-19(17)22/h6-10,12,14-15H,5,11,13H2,1-4H3. The summed E-state index contributed by atoms with van der Waals surface area (Å²) in [6.45, 7) is 9.41. The number of para-hydroxylation sites is 1. The van der Waals surface area contributed by atoms with E-state index in [0.717, 1.165) is 0 Å². The van der Waals surface area contributed by atoms with E-state index in [1.54, 1.807) is 0 Å². The molecule has 0 fully saturated rings. The largest absolute Gasteiger partial charge is 0.338 e. The number of rotatable bonds is 5. The Morgan fingerprint density at radius 3 is 2.59 bits per heavy atom. The second-order valence-electron chi connectivity index (χ2n) is 7.25. The molecule has 2 aromatic heterocycles. The maximum absolute atomic E-state index is 4.33. The van der Waals surface area contributed by atoms with Crippen LogP contribution in [0.3, 0.4) is 0 Å². The van der Waals surface area contributed by atoms with Crippen molar-refractivity contribution in [3.05, 3.63) is 42.7 Å². The summed E-state index contributed by atoms with van der Waals surface area (Å²) in [5, 5.41) is 2.57. The number of aromatic nitrogens is 2. The minimum absolute atomic E-state index is 0.374. The molecule has 2 nitrogen and oxygen atoms in total. The Morgan fingerprint density at radius 2 is 1.82 bits per heavy atom. The van der Waals surface area contributed by atoms with Crippen molar-refractivity contribution in [2.75, 3.05) is 0 Å². The zero-order chi connectivity index (χ0) is 15.7. The van der Waals surface area contributed by atoms with Gasteiger partial charge in [-0.2, -0.15) is 0 Å². The maximum atomic E-state index is 4.33. The lowest BCUT2D eigenvalue weighted by molar-refractivity contribution is 0.259. The molecule has 0 saturated heterocycles. The average Bonchev–Trinajstić information content (AvgIpc) is 2.81. The predicted octanol–water partition coefficient (Wildman–Crippen LogP) is 5.97. The lowest BCUT2D eigenvalue weighted by Crippen LogP contribution is -2.18. The molecule has 0 N–H and O–H groups in total. The minimum atomic E-state index is 0.374. The smallest absolute Gasteiger partial charge is 0.0524 e. The monoisotopic (exact) mass is 294 g/mol. The summed E-state index contributed by atoms with van der Waals surface area (Å²) < 4.78 is 2.50. The van der Waals surface area contributed by atoms with E-state index in [9.17, 15) is 0 Å². The first-order valence-corrected chi connectivity index (χ1v) is 8.36. The Morgan fingerprint density at radius 1 is 1.09 bits per heavy atom. The van der Waals surface area contributed by atoms with Gasteiger partial charge >= 0.3 is 0 Å². The molecule has 0 aliphatic heterocycles. The van der Waals surface area contributed by atoms with Crippen molar-refractivity contribution in [2.24, 2.45) is 5.41 Å². The van der Waals surface area contributed by atoms with Gasteiger partial charge < -0.3 is 4.57 Å². The Kier molecular flexibility index (Phi) is 3.94. The molecule has 1 atom stereocenters. The Hall–Kier alpha value is -1.83. The van der Waals surface area contributed by atoms with Crippen LogP contribution in [0.2, 0.25) is 0 Å². The quantitative estimate of drug-likeness (QED) is 0.567. The number of hydrogen-bond donors (Lipinski definition) is 0. The molecule has 116 valence electrons. The van der Waals surface area contributed by atoms with Gasteiger partial charge in [0.2, 0.25) is 0 Å². The molecular weight excluding hydrogens is 268 g/mol. The zero-order valence-electron chi connectivity index (χ0n) is 14.1. The molecule has 1 unspecified atom stereocenters. The third-order valence-corrected chi connectivity index (χ3v) is 4.73. The molecule has 0 bridgehead atoms. The number of nitrogens with zero attached hydrogens (tertiary/aromatic N) is 2. The molecule has 2 heterocycles. The molecule has 3 rings (SSSR count). The molecular formula is C20H26N2. The lowest BCUT2D eigenvalue weighted by Gasteiger charge is -2.29. The van der Waals surface area contributed by atoms with E-state index in [1.807, 2.05) is 12.4 Å². The number of benzene rings is 1. The van der Waals surface area contributed by atoms with Gasteiger partial charge in [-0.15, -0.1) is 0 Å². The molecule has 0 saturated carbocycles. The van der Waals surface area contributed by atoms with Gasteiger partial charge in [-0.25, -0.2) is 0 Å². The fraction of sp³-hybridized carbons (Fsp3) is 0.450. The highest BCUT2D eigenvalue weighted by Gasteiger charge is 2.23. The van der Waals surface area contributed by atoms with E-state index in [2.05, 4.69) is 67.6 Å². The second kappa shape index (κ2) is 5.75. The van der Waals surface area contributed by atoms with Crippen LogP contribution in [0, 0.1) is 5.41 Å². The number of pyridine rings is 1. The van der Waals surface area contributed by atoms with Gasteiger partial charge in [0.1, 0.15) is 0 Å². The van der Waals surface area contributed by atoms with Crippen molar-refractivity contribution < 1.29 is 0 Å². The first-order chi connectivity index (χ1) is 10.5. The van der Waals surface area contributed by atoms with Gasteiger partial charge in [-0.1, -0.05) is 45.4 Å². The SMILES string of the molecule is CCCC(C)(C)CC(C)n1c2ccccc2c2cnccc21. The van der Waals surface area contributed by atoms with Crippen LogP contribution < -0.4 is 0 Å². The van der Waals surface area contributed by atoms with Crippen molar-refractivity contribution in [1.82, 2.24) is 9.55 Å². The van der Waals surface area contributed by atoms with Gasteiger partial charge in [0.15, 0.2) is 0 Å². The van der Waals surface area contributed by atoms with Gasteiger partial charge in [0.05, 0.1) is 5.52 Å². The molecule has 2 heteroatoms. The summed E-state index contributed by atoms with van der Waals surface area (Å²) in [5.74, 6) is 0. The zero-order valence-corrected chi connectivity index (χ0v) is 14.1. The van der Waals surface area contributed by atoms with Crippen molar-refractivity contribution >= 4 is 21.8 Å². The molecule has 0 aliphatic rings. The first-order valence-electron chi connectivity index (χ1n) is 8.36. The summed E-state index contributed by atoms with van der Waals surface area (Å²) in [5.41, 5.74) is 3.00. The summed E-state index contributed by atoms with van der Waals surface area (Å²) in [7, 11) is 0. The van der Waals surface area contributed by atoms with Gasteiger partial charge in [0, 0.05) is 34.7 Å². The highest BCUT2D eigenvalue weighted by molar-refractivity contribution is 6.07. The Labute approximate surface area is 133 Å². The molecule has 3 aromatic rings. The number of fused-ring (bicyclic) bond motifs is 3. The summed E-state index contributed by atoms with van der Waals surface area (Å²) >= 11 is 0. The van der Waals surface area contributed by atoms with Crippen molar-refractivity contribution in [3.8, 4) is 0 Å². The van der Waals surface area contributed by atoms with E-state index in [-0.39, 0.29) is 0 Å². The molecule has 1 aromatic carbocycles. The fourth-order valence-electron chi connectivity index (χ4n) is 3.99. The highest BCUT2D eigenvalue weighted by atomic mass is 15.0. The van der Waals surface area contributed by atoms with E-state index in [1.165, 1.54) is 41.1 Å². The van der Waals surface area contributed by atoms with E-state index in [4.69, 9.17) is 0 Å². The lowest BCUT2D eigenvalue weighted by atomic mass is 9.82. The molecule has 0 spiro atoms. The van der Waals surface area contributed by atoms with Crippen LogP contribution in [0.25, 0.3) is 21.8 Å². The minimum Gasteiger partial charge on any atom is -0.338 e. The average molecular weight is 294 g/mol. The van der Waals surface area contributed by atoms with Crippen LogP contribution in [0.5, 0.6) is 0 Å². The highest BCUT2D eigenvalue weighted by Crippen LogP contribution is 2.37. The summed E-state index contributed by atoms with van der Waals surface area (Å²) in [6, 6.07) is 11.3.